The molecule has 0 spiro atoms. The van der Waals surface area contributed by atoms with Crippen LogP contribution >= 0.6 is 38.6 Å². The molecule has 0 N–H and O–H groups in total. The molecular formula is C23H14BrN3OS2. The number of hydrogen-bond donors (Lipinski definition) is 0. The quantitative estimate of drug-likeness (QED) is 0.201. The number of benzene rings is 3. The second-order valence-corrected chi connectivity index (χ2v) is 9.45. The summed E-state index contributed by atoms with van der Waals surface area (Å²) in [6.07, 6.45) is 1.70. The minimum Gasteiger partial charge on any atom is -0.267 e. The molecule has 3 aromatic carbocycles. The lowest BCUT2D eigenvalue weighted by atomic mass is 10.1. The Morgan fingerprint density at radius 1 is 1.00 bits per heavy atom. The lowest BCUT2D eigenvalue weighted by molar-refractivity contribution is 0.0988. The molecule has 0 bridgehead atoms. The van der Waals surface area contributed by atoms with Gasteiger partial charge in [-0.3, -0.25) is 4.79 Å². The van der Waals surface area contributed by atoms with Crippen molar-refractivity contribution in [1.82, 2.24) is 4.98 Å². The second kappa shape index (κ2) is 8.10. The van der Waals surface area contributed by atoms with Gasteiger partial charge in [0.15, 0.2) is 0 Å². The van der Waals surface area contributed by atoms with Gasteiger partial charge in [-0.1, -0.05) is 63.7 Å². The highest BCUT2D eigenvalue weighted by Gasteiger charge is 2.21. The summed E-state index contributed by atoms with van der Waals surface area (Å²) in [5.74, 6) is -0.216. The number of amides is 1. The van der Waals surface area contributed by atoms with Crippen LogP contribution in [-0.2, 0) is 0 Å². The largest absolute Gasteiger partial charge is 0.280 e. The molecule has 0 fully saturated rings. The Kier molecular flexibility index (Phi) is 5.16. The van der Waals surface area contributed by atoms with E-state index in [9.17, 15) is 4.79 Å². The highest BCUT2D eigenvalue weighted by molar-refractivity contribution is 9.10. The van der Waals surface area contributed by atoms with Crippen LogP contribution in [0.1, 0.15) is 15.2 Å². The fourth-order valence-electron chi connectivity index (χ4n) is 3.09. The molecule has 2 aromatic heterocycles. The molecule has 5 aromatic rings. The molecule has 4 nitrogen and oxygen atoms in total. The Morgan fingerprint density at radius 2 is 1.87 bits per heavy atom. The standard InChI is InChI=1S/C23H14BrN3OS2/c24-18-9-10-20-21(13-18)30-23(26-20)27(25-14-19-6-3-11-29-19)22(28)17-8-7-15-4-1-2-5-16(15)12-17/h1-14H/b25-14+. The van der Waals surface area contributed by atoms with Crippen LogP contribution in [0.2, 0.25) is 0 Å². The van der Waals surface area contributed by atoms with Crippen LogP contribution in [0.3, 0.4) is 0 Å². The Balaban J connectivity index is 1.59. The van der Waals surface area contributed by atoms with Crippen molar-refractivity contribution in [3.63, 3.8) is 0 Å². The van der Waals surface area contributed by atoms with Gasteiger partial charge in [-0.2, -0.15) is 10.1 Å². The van der Waals surface area contributed by atoms with E-state index >= 15 is 0 Å². The molecule has 0 atom stereocenters. The maximum absolute atomic E-state index is 13.5. The normalized spacial score (nSPS) is 11.5. The predicted octanol–water partition coefficient (Wildman–Crippen LogP) is 6.95. The number of halogens is 1. The van der Waals surface area contributed by atoms with E-state index in [-0.39, 0.29) is 5.91 Å². The minimum atomic E-state index is -0.216. The summed E-state index contributed by atoms with van der Waals surface area (Å²) in [6, 6.07) is 23.5. The van der Waals surface area contributed by atoms with Crippen LogP contribution in [-0.4, -0.2) is 17.1 Å². The summed E-state index contributed by atoms with van der Waals surface area (Å²) in [6.45, 7) is 0. The first-order valence-electron chi connectivity index (χ1n) is 9.14. The van der Waals surface area contributed by atoms with Crippen LogP contribution in [0.15, 0.2) is 87.8 Å². The Morgan fingerprint density at radius 3 is 2.70 bits per heavy atom. The maximum atomic E-state index is 13.5. The van der Waals surface area contributed by atoms with Crippen molar-refractivity contribution in [2.75, 3.05) is 5.01 Å². The number of thiophene rings is 1. The van der Waals surface area contributed by atoms with E-state index < -0.39 is 0 Å². The van der Waals surface area contributed by atoms with Crippen molar-refractivity contribution in [1.29, 1.82) is 0 Å². The first-order valence-corrected chi connectivity index (χ1v) is 11.6. The number of carbonyl (C=O) groups is 1. The van der Waals surface area contributed by atoms with Crippen molar-refractivity contribution < 1.29 is 4.79 Å². The summed E-state index contributed by atoms with van der Waals surface area (Å²) >= 11 is 6.50. The van der Waals surface area contributed by atoms with Gasteiger partial charge in [0.1, 0.15) is 0 Å². The minimum absolute atomic E-state index is 0.216. The molecule has 0 aliphatic carbocycles. The first-order chi connectivity index (χ1) is 14.7. The van der Waals surface area contributed by atoms with E-state index in [1.54, 1.807) is 17.6 Å². The van der Waals surface area contributed by atoms with Crippen molar-refractivity contribution in [2.24, 2.45) is 5.10 Å². The van der Waals surface area contributed by atoms with Gasteiger partial charge in [-0.05, 0) is 52.6 Å². The third kappa shape index (κ3) is 3.79. The zero-order valence-electron chi connectivity index (χ0n) is 15.5. The van der Waals surface area contributed by atoms with E-state index in [2.05, 4.69) is 26.0 Å². The Bertz CT molecular complexity index is 1390. The smallest absolute Gasteiger partial charge is 0.267 e. The van der Waals surface area contributed by atoms with E-state index in [1.807, 2.05) is 78.2 Å². The van der Waals surface area contributed by atoms with Gasteiger partial charge in [0, 0.05) is 14.9 Å². The van der Waals surface area contributed by atoms with Crippen LogP contribution in [0, 0.1) is 0 Å². The van der Waals surface area contributed by atoms with Gasteiger partial charge in [0.25, 0.3) is 5.91 Å². The molecule has 30 heavy (non-hydrogen) atoms. The fourth-order valence-corrected chi connectivity index (χ4v) is 5.14. The third-order valence-electron chi connectivity index (χ3n) is 4.55. The summed E-state index contributed by atoms with van der Waals surface area (Å²) in [5.41, 5.74) is 1.40. The number of rotatable bonds is 4. The number of thiazole rings is 1. The lowest BCUT2D eigenvalue weighted by Crippen LogP contribution is -2.25. The number of anilines is 1. The molecule has 0 saturated carbocycles. The third-order valence-corrected chi connectivity index (χ3v) is 6.85. The van der Waals surface area contributed by atoms with Crippen LogP contribution in [0.5, 0.6) is 0 Å². The molecule has 1 amide bonds. The van der Waals surface area contributed by atoms with E-state index in [0.29, 0.717) is 10.7 Å². The fraction of sp³-hybridized carbons (Fsp3) is 0. The topological polar surface area (TPSA) is 45.6 Å². The van der Waals surface area contributed by atoms with Crippen molar-refractivity contribution in [3.05, 3.63) is 93.1 Å². The Hall–Kier alpha value is -2.87. The molecule has 146 valence electrons. The van der Waals surface area contributed by atoms with Crippen LogP contribution in [0.4, 0.5) is 5.13 Å². The number of hydrazone groups is 1. The summed E-state index contributed by atoms with van der Waals surface area (Å²) in [4.78, 5) is 19.1. The van der Waals surface area contributed by atoms with Crippen molar-refractivity contribution >= 4 is 76.8 Å². The molecule has 0 radical (unpaired) electrons. The molecule has 0 aliphatic heterocycles. The molecule has 5 rings (SSSR count). The second-order valence-electron chi connectivity index (χ2n) is 6.55. The molecule has 7 heteroatoms. The van der Waals surface area contributed by atoms with Gasteiger partial charge in [0.05, 0.1) is 16.4 Å². The SMILES string of the molecule is O=C(c1ccc2ccccc2c1)N(/N=C/c1cccs1)c1nc2ccc(Br)cc2s1. The molecule has 0 unspecified atom stereocenters. The van der Waals surface area contributed by atoms with Gasteiger partial charge < -0.3 is 0 Å². The van der Waals surface area contributed by atoms with E-state index in [0.717, 1.165) is 30.3 Å². The van der Waals surface area contributed by atoms with E-state index in [4.69, 9.17) is 0 Å². The molecule has 0 aliphatic rings. The van der Waals surface area contributed by atoms with Crippen LogP contribution in [0.25, 0.3) is 21.0 Å². The highest BCUT2D eigenvalue weighted by atomic mass is 79.9. The number of nitrogens with zero attached hydrogens (tertiary/aromatic N) is 3. The van der Waals surface area contributed by atoms with Crippen LogP contribution < -0.4 is 5.01 Å². The summed E-state index contributed by atoms with van der Waals surface area (Å²) in [7, 11) is 0. The monoisotopic (exact) mass is 491 g/mol. The average molecular weight is 492 g/mol. The summed E-state index contributed by atoms with van der Waals surface area (Å²) < 4.78 is 1.96. The first kappa shape index (κ1) is 19.1. The Labute approximate surface area is 189 Å². The van der Waals surface area contributed by atoms with Gasteiger partial charge in [0.2, 0.25) is 5.13 Å². The number of aromatic nitrogens is 1. The van der Waals surface area contributed by atoms with E-state index in [1.165, 1.54) is 16.3 Å². The predicted molar refractivity (Wildman–Crippen MR) is 130 cm³/mol. The molecular weight excluding hydrogens is 478 g/mol. The zero-order chi connectivity index (χ0) is 20.5. The number of carbonyl (C=O) groups excluding carboxylic acids is 1. The maximum Gasteiger partial charge on any atom is 0.280 e. The lowest BCUT2D eigenvalue weighted by Gasteiger charge is -2.14. The van der Waals surface area contributed by atoms with Gasteiger partial charge in [-0.15, -0.1) is 11.3 Å². The van der Waals surface area contributed by atoms with Crippen molar-refractivity contribution in [3.8, 4) is 0 Å². The van der Waals surface area contributed by atoms with Gasteiger partial charge >= 0.3 is 0 Å². The summed E-state index contributed by atoms with van der Waals surface area (Å²) in [5, 5.41) is 10.5. The zero-order valence-corrected chi connectivity index (χ0v) is 18.7. The molecule has 2 heterocycles. The number of fused-ring (bicyclic) bond motifs is 2. The van der Waals surface area contributed by atoms with Crippen molar-refractivity contribution in [2.45, 2.75) is 0 Å². The molecule has 0 saturated heterocycles. The van der Waals surface area contributed by atoms with Gasteiger partial charge in [-0.25, -0.2) is 4.98 Å². The highest BCUT2D eigenvalue weighted by Crippen LogP contribution is 2.32. The number of hydrogen-bond acceptors (Lipinski definition) is 5. The average Bonchev–Trinajstić information content (AvgIpc) is 3.43.